The Balaban J connectivity index is 3.45. The lowest BCUT2D eigenvalue weighted by Crippen LogP contribution is -2.10. The second-order valence-electron chi connectivity index (χ2n) is 2.67. The Morgan fingerprint density at radius 2 is 1.94 bits per heavy atom. The Kier molecular flexibility index (Phi) is 3.34. The zero-order valence-electron chi connectivity index (χ0n) is 7.75. The fourth-order valence-electron chi connectivity index (χ4n) is 0.872. The maximum atomic E-state index is 12.3. The van der Waals surface area contributed by atoms with E-state index in [9.17, 15) is 21.6 Å². The van der Waals surface area contributed by atoms with Gasteiger partial charge in [-0.15, -0.1) is 0 Å². The molecule has 0 aliphatic rings. The number of hydrogen-bond acceptors (Lipinski definition) is 4. The number of methoxy groups -OCH3 is 1. The maximum absolute atomic E-state index is 12.3. The first-order chi connectivity index (χ1) is 7.14. The summed E-state index contributed by atoms with van der Waals surface area (Å²) in [5.41, 5.74) is -1.38. The first kappa shape index (κ1) is 13.0. The maximum Gasteiger partial charge on any atom is 0.433 e. The minimum Gasteiger partial charge on any atom is -0.481 e. The molecule has 16 heavy (non-hydrogen) atoms. The van der Waals surface area contributed by atoms with Gasteiger partial charge in [0, 0.05) is 16.7 Å². The van der Waals surface area contributed by atoms with Crippen molar-refractivity contribution < 1.29 is 26.3 Å². The summed E-state index contributed by atoms with van der Waals surface area (Å²) in [6, 6.07) is 1.14. The highest BCUT2D eigenvalue weighted by Crippen LogP contribution is 2.31. The molecule has 1 aromatic heterocycles. The third-order valence-corrected chi connectivity index (χ3v) is 2.89. The van der Waals surface area contributed by atoms with Crippen molar-refractivity contribution in [3.63, 3.8) is 0 Å². The van der Waals surface area contributed by atoms with Gasteiger partial charge in [-0.05, 0) is 6.07 Å². The highest BCUT2D eigenvalue weighted by molar-refractivity contribution is 8.13. The summed E-state index contributed by atoms with van der Waals surface area (Å²) in [6.45, 7) is 0. The number of alkyl halides is 3. The van der Waals surface area contributed by atoms with Crippen molar-refractivity contribution in [2.45, 2.75) is 11.1 Å². The van der Waals surface area contributed by atoms with E-state index < -0.39 is 31.7 Å². The Morgan fingerprint density at radius 3 is 2.31 bits per heavy atom. The van der Waals surface area contributed by atoms with Crippen molar-refractivity contribution in [1.29, 1.82) is 0 Å². The molecule has 0 N–H and O–H groups in total. The van der Waals surface area contributed by atoms with Crippen molar-refractivity contribution in [2.75, 3.05) is 7.11 Å². The standard InChI is InChI=1S/C7H5ClF3NO3S/c1-15-6-3-4(16(8,13)14)2-5(12-6)7(9,10)11/h2-3H,1H3. The Labute approximate surface area is 93.4 Å². The number of nitrogens with zero attached hydrogens (tertiary/aromatic N) is 1. The number of pyridine rings is 1. The molecule has 1 heterocycles. The molecule has 0 atom stereocenters. The number of aromatic nitrogens is 1. The van der Waals surface area contributed by atoms with Gasteiger partial charge < -0.3 is 4.74 Å². The highest BCUT2D eigenvalue weighted by atomic mass is 35.7. The van der Waals surface area contributed by atoms with Crippen molar-refractivity contribution in [3.8, 4) is 5.88 Å². The molecular formula is C7H5ClF3NO3S. The monoisotopic (exact) mass is 275 g/mol. The van der Waals surface area contributed by atoms with Crippen LogP contribution >= 0.6 is 10.7 Å². The molecule has 0 radical (unpaired) electrons. The number of halogens is 4. The van der Waals surface area contributed by atoms with Crippen LogP contribution in [0.25, 0.3) is 0 Å². The van der Waals surface area contributed by atoms with Gasteiger partial charge in [0.2, 0.25) is 5.88 Å². The first-order valence-corrected chi connectivity index (χ1v) is 6.03. The van der Waals surface area contributed by atoms with E-state index in [1.54, 1.807) is 0 Å². The molecule has 1 rings (SSSR count). The van der Waals surface area contributed by atoms with Gasteiger partial charge in [0.05, 0.1) is 12.0 Å². The van der Waals surface area contributed by atoms with E-state index >= 15 is 0 Å². The zero-order valence-corrected chi connectivity index (χ0v) is 9.32. The zero-order chi connectivity index (χ0) is 12.6. The fourth-order valence-corrected chi connectivity index (χ4v) is 1.63. The van der Waals surface area contributed by atoms with E-state index in [4.69, 9.17) is 10.7 Å². The summed E-state index contributed by atoms with van der Waals surface area (Å²) >= 11 is 0. The van der Waals surface area contributed by atoms with Crippen LogP contribution in [0.1, 0.15) is 5.69 Å². The molecule has 0 spiro atoms. The molecule has 90 valence electrons. The molecule has 0 unspecified atom stereocenters. The van der Waals surface area contributed by atoms with Gasteiger partial charge in [-0.25, -0.2) is 13.4 Å². The fraction of sp³-hybridized carbons (Fsp3) is 0.286. The molecule has 4 nitrogen and oxygen atoms in total. The SMILES string of the molecule is COc1cc(S(=O)(=O)Cl)cc(C(F)(F)F)n1. The highest BCUT2D eigenvalue weighted by Gasteiger charge is 2.34. The summed E-state index contributed by atoms with van der Waals surface area (Å²) < 4.78 is 63.2. The molecule has 0 aliphatic carbocycles. The minimum atomic E-state index is -4.77. The molecule has 0 bridgehead atoms. The average Bonchev–Trinajstić information content (AvgIpc) is 2.14. The Hall–Kier alpha value is -1.02. The molecule has 0 amide bonds. The molecule has 9 heteroatoms. The summed E-state index contributed by atoms with van der Waals surface area (Å²) in [7, 11) is 1.73. The lowest BCUT2D eigenvalue weighted by Gasteiger charge is -2.08. The molecule has 0 saturated heterocycles. The lowest BCUT2D eigenvalue weighted by atomic mass is 10.3. The van der Waals surface area contributed by atoms with Crippen LogP contribution in [0.5, 0.6) is 5.88 Å². The van der Waals surface area contributed by atoms with E-state index in [1.807, 2.05) is 0 Å². The summed E-state index contributed by atoms with van der Waals surface area (Å²) in [5, 5.41) is 0. The summed E-state index contributed by atoms with van der Waals surface area (Å²) in [5.74, 6) is -0.478. The minimum absolute atomic E-state index is 0.338. The van der Waals surface area contributed by atoms with Gasteiger partial charge in [0.1, 0.15) is 5.69 Å². The Morgan fingerprint density at radius 1 is 1.38 bits per heavy atom. The first-order valence-electron chi connectivity index (χ1n) is 3.72. The second-order valence-corrected chi connectivity index (χ2v) is 5.23. The topological polar surface area (TPSA) is 56.3 Å². The molecular weight excluding hydrogens is 271 g/mol. The van der Waals surface area contributed by atoms with Crippen LogP contribution in [0.15, 0.2) is 17.0 Å². The largest absolute Gasteiger partial charge is 0.481 e. The molecule has 0 aliphatic heterocycles. The van der Waals surface area contributed by atoms with Gasteiger partial charge in [0.25, 0.3) is 9.05 Å². The van der Waals surface area contributed by atoms with Crippen LogP contribution in [0.4, 0.5) is 13.2 Å². The predicted octanol–water partition coefficient (Wildman–Crippen LogP) is 2.04. The Bertz CT molecular complexity index is 500. The molecule has 0 fully saturated rings. The van der Waals surface area contributed by atoms with E-state index in [1.165, 1.54) is 0 Å². The van der Waals surface area contributed by atoms with Crippen molar-refractivity contribution in [3.05, 3.63) is 17.8 Å². The normalized spacial score (nSPS) is 12.6. The van der Waals surface area contributed by atoms with E-state index in [2.05, 4.69) is 9.72 Å². The van der Waals surface area contributed by atoms with Gasteiger partial charge in [-0.1, -0.05) is 0 Å². The third-order valence-electron chi connectivity index (χ3n) is 1.56. The third kappa shape index (κ3) is 2.99. The molecule has 0 aromatic carbocycles. The van der Waals surface area contributed by atoms with Crippen LogP contribution in [-0.2, 0) is 15.2 Å². The summed E-state index contributed by atoms with van der Waals surface area (Å²) in [6.07, 6.45) is -4.77. The van der Waals surface area contributed by atoms with Gasteiger partial charge >= 0.3 is 6.18 Å². The van der Waals surface area contributed by atoms with Crippen LogP contribution in [0, 0.1) is 0 Å². The van der Waals surface area contributed by atoms with E-state index in [-0.39, 0.29) is 0 Å². The van der Waals surface area contributed by atoms with Gasteiger partial charge in [0.15, 0.2) is 0 Å². The number of hydrogen-bond donors (Lipinski definition) is 0. The van der Waals surface area contributed by atoms with Crippen LogP contribution < -0.4 is 4.74 Å². The van der Waals surface area contributed by atoms with E-state index in [0.717, 1.165) is 13.2 Å². The lowest BCUT2D eigenvalue weighted by molar-refractivity contribution is -0.141. The summed E-state index contributed by atoms with van der Waals surface area (Å²) in [4.78, 5) is 2.35. The van der Waals surface area contributed by atoms with Crippen molar-refractivity contribution in [2.24, 2.45) is 0 Å². The number of ether oxygens (including phenoxy) is 1. The second kappa shape index (κ2) is 4.10. The average molecular weight is 276 g/mol. The van der Waals surface area contributed by atoms with Gasteiger partial charge in [-0.2, -0.15) is 13.2 Å². The predicted molar refractivity (Wildman–Crippen MR) is 48.8 cm³/mol. The number of rotatable bonds is 2. The van der Waals surface area contributed by atoms with Crippen LogP contribution in [0.3, 0.4) is 0 Å². The van der Waals surface area contributed by atoms with Gasteiger partial charge in [-0.3, -0.25) is 0 Å². The van der Waals surface area contributed by atoms with Crippen LogP contribution in [-0.4, -0.2) is 20.5 Å². The van der Waals surface area contributed by atoms with Crippen molar-refractivity contribution in [1.82, 2.24) is 4.98 Å². The smallest absolute Gasteiger partial charge is 0.433 e. The quantitative estimate of drug-likeness (QED) is 0.775. The van der Waals surface area contributed by atoms with Crippen molar-refractivity contribution >= 4 is 19.7 Å². The molecule has 1 aromatic rings. The van der Waals surface area contributed by atoms with Crippen LogP contribution in [0.2, 0.25) is 0 Å². The molecule has 0 saturated carbocycles. The van der Waals surface area contributed by atoms with E-state index in [0.29, 0.717) is 6.07 Å².